The van der Waals surface area contributed by atoms with Crippen LogP contribution in [0.15, 0.2) is 78.9 Å². The van der Waals surface area contributed by atoms with E-state index < -0.39 is 11.7 Å². The lowest BCUT2D eigenvalue weighted by atomic mass is 10.1. The highest BCUT2D eigenvalue weighted by Crippen LogP contribution is 2.28. The molecule has 1 unspecified atom stereocenters. The predicted octanol–water partition coefficient (Wildman–Crippen LogP) is 3.75. The minimum atomic E-state index is -0.650. The number of carbonyl (C=O) groups excluding carboxylic acids is 3. The monoisotopic (exact) mass is 431 g/mol. The molecule has 0 radical (unpaired) electrons. The molecular weight excluding hydrogens is 409 g/mol. The van der Waals surface area contributed by atoms with E-state index in [0.717, 1.165) is 5.56 Å². The first-order chi connectivity index (χ1) is 15.5. The van der Waals surface area contributed by atoms with Crippen LogP contribution in [0.1, 0.15) is 22.3 Å². The fourth-order valence-electron chi connectivity index (χ4n) is 3.69. The third kappa shape index (κ3) is 4.67. The molecule has 1 heterocycles. The summed E-state index contributed by atoms with van der Waals surface area (Å²) in [5.74, 6) is -2.19. The SMILES string of the molecule is O=C(NCc1ccccc1)c1ccccc1NC(=O)C1CC(=O)N(c2ccccc2F)C1. The summed E-state index contributed by atoms with van der Waals surface area (Å²) < 4.78 is 14.1. The quantitative estimate of drug-likeness (QED) is 0.624. The van der Waals surface area contributed by atoms with Gasteiger partial charge in [0.05, 0.1) is 22.9 Å². The van der Waals surface area contributed by atoms with E-state index in [2.05, 4.69) is 10.6 Å². The van der Waals surface area contributed by atoms with Crippen molar-refractivity contribution < 1.29 is 18.8 Å². The molecule has 3 aromatic rings. The minimum Gasteiger partial charge on any atom is -0.348 e. The maximum absolute atomic E-state index is 14.1. The maximum Gasteiger partial charge on any atom is 0.253 e. The highest BCUT2D eigenvalue weighted by atomic mass is 19.1. The standard InChI is InChI=1S/C25H22FN3O3/c26-20-11-5-7-13-22(20)29-16-18(14-23(29)30)24(31)28-21-12-6-4-10-19(21)25(32)27-15-17-8-2-1-3-9-17/h1-13,18H,14-16H2,(H,27,32)(H,28,31). The second-order valence-corrected chi connectivity index (χ2v) is 7.56. The summed E-state index contributed by atoms with van der Waals surface area (Å²) in [5, 5.41) is 5.61. The number of hydrogen-bond acceptors (Lipinski definition) is 3. The summed E-state index contributed by atoms with van der Waals surface area (Å²) in [4.78, 5) is 39.3. The van der Waals surface area contributed by atoms with Crippen LogP contribution >= 0.6 is 0 Å². The Morgan fingerprint density at radius 1 is 0.938 bits per heavy atom. The zero-order valence-electron chi connectivity index (χ0n) is 17.3. The largest absolute Gasteiger partial charge is 0.348 e. The fourth-order valence-corrected chi connectivity index (χ4v) is 3.69. The Labute approximate surface area is 185 Å². The van der Waals surface area contributed by atoms with Crippen molar-refractivity contribution in [2.24, 2.45) is 5.92 Å². The van der Waals surface area contributed by atoms with Crippen LogP contribution < -0.4 is 15.5 Å². The number of anilines is 2. The van der Waals surface area contributed by atoms with Gasteiger partial charge in [-0.25, -0.2) is 4.39 Å². The highest BCUT2D eigenvalue weighted by molar-refractivity contribution is 6.07. The van der Waals surface area contributed by atoms with Gasteiger partial charge < -0.3 is 15.5 Å². The molecule has 1 aliphatic heterocycles. The van der Waals surface area contributed by atoms with Crippen molar-refractivity contribution in [2.75, 3.05) is 16.8 Å². The van der Waals surface area contributed by atoms with E-state index >= 15 is 0 Å². The first-order valence-electron chi connectivity index (χ1n) is 10.3. The molecule has 0 aromatic heterocycles. The lowest BCUT2D eigenvalue weighted by molar-refractivity contribution is -0.122. The Balaban J connectivity index is 1.43. The first kappa shape index (κ1) is 21.2. The summed E-state index contributed by atoms with van der Waals surface area (Å²) in [6.45, 7) is 0.435. The summed E-state index contributed by atoms with van der Waals surface area (Å²) in [5.41, 5.74) is 1.81. The van der Waals surface area contributed by atoms with E-state index in [1.54, 1.807) is 36.4 Å². The molecular formula is C25H22FN3O3. The van der Waals surface area contributed by atoms with Crippen molar-refractivity contribution in [2.45, 2.75) is 13.0 Å². The molecule has 162 valence electrons. The third-order valence-corrected chi connectivity index (χ3v) is 5.36. The Bertz CT molecular complexity index is 1150. The lowest BCUT2D eigenvalue weighted by Gasteiger charge is -2.17. The van der Waals surface area contributed by atoms with Crippen LogP contribution in [0.5, 0.6) is 0 Å². The van der Waals surface area contributed by atoms with Crippen LogP contribution in [-0.2, 0) is 16.1 Å². The number of para-hydroxylation sites is 2. The van der Waals surface area contributed by atoms with Crippen LogP contribution in [0.2, 0.25) is 0 Å². The second-order valence-electron chi connectivity index (χ2n) is 7.56. The summed E-state index contributed by atoms with van der Waals surface area (Å²) >= 11 is 0. The van der Waals surface area contributed by atoms with Crippen LogP contribution in [0.25, 0.3) is 0 Å². The lowest BCUT2D eigenvalue weighted by Crippen LogP contribution is -2.29. The average Bonchev–Trinajstić information content (AvgIpc) is 3.20. The molecule has 32 heavy (non-hydrogen) atoms. The smallest absolute Gasteiger partial charge is 0.253 e. The zero-order chi connectivity index (χ0) is 22.5. The molecule has 0 saturated carbocycles. The number of amides is 3. The van der Waals surface area contributed by atoms with Crippen LogP contribution in [0.3, 0.4) is 0 Å². The van der Waals surface area contributed by atoms with Crippen molar-refractivity contribution in [1.29, 1.82) is 0 Å². The van der Waals surface area contributed by atoms with Gasteiger partial charge in [0.25, 0.3) is 5.91 Å². The highest BCUT2D eigenvalue weighted by Gasteiger charge is 2.36. The van der Waals surface area contributed by atoms with E-state index in [4.69, 9.17) is 0 Å². The van der Waals surface area contributed by atoms with E-state index in [9.17, 15) is 18.8 Å². The molecule has 0 bridgehead atoms. The molecule has 7 heteroatoms. The van der Waals surface area contributed by atoms with E-state index in [1.807, 2.05) is 30.3 Å². The molecule has 1 atom stereocenters. The summed E-state index contributed by atoms with van der Waals surface area (Å²) in [6, 6.07) is 22.2. The van der Waals surface area contributed by atoms with Gasteiger partial charge in [-0.1, -0.05) is 54.6 Å². The molecule has 0 aliphatic carbocycles. The van der Waals surface area contributed by atoms with Gasteiger partial charge in [0.2, 0.25) is 11.8 Å². The van der Waals surface area contributed by atoms with Gasteiger partial charge >= 0.3 is 0 Å². The molecule has 1 saturated heterocycles. The zero-order valence-corrected chi connectivity index (χ0v) is 17.3. The van der Waals surface area contributed by atoms with Gasteiger partial charge in [-0.15, -0.1) is 0 Å². The van der Waals surface area contributed by atoms with Crippen LogP contribution in [-0.4, -0.2) is 24.3 Å². The van der Waals surface area contributed by atoms with Crippen LogP contribution in [0, 0.1) is 11.7 Å². The molecule has 3 aromatic carbocycles. The normalized spacial score (nSPS) is 15.5. The predicted molar refractivity (Wildman–Crippen MR) is 120 cm³/mol. The third-order valence-electron chi connectivity index (χ3n) is 5.36. The van der Waals surface area contributed by atoms with Gasteiger partial charge in [-0.05, 0) is 29.8 Å². The van der Waals surface area contributed by atoms with Gasteiger partial charge in [0.1, 0.15) is 5.82 Å². The van der Waals surface area contributed by atoms with Gasteiger partial charge in [0.15, 0.2) is 0 Å². The van der Waals surface area contributed by atoms with Crippen molar-refractivity contribution in [1.82, 2.24) is 5.32 Å². The van der Waals surface area contributed by atoms with Crippen molar-refractivity contribution in [3.8, 4) is 0 Å². The molecule has 1 fully saturated rings. The number of halogens is 1. The number of rotatable bonds is 6. The molecule has 6 nitrogen and oxygen atoms in total. The van der Waals surface area contributed by atoms with E-state index in [1.165, 1.54) is 17.0 Å². The van der Waals surface area contributed by atoms with Gasteiger partial charge in [-0.3, -0.25) is 14.4 Å². The fraction of sp³-hybridized carbons (Fsp3) is 0.160. The molecule has 1 aliphatic rings. The molecule has 3 amide bonds. The summed E-state index contributed by atoms with van der Waals surface area (Å²) in [6.07, 6.45) is -0.0253. The molecule has 4 rings (SSSR count). The van der Waals surface area contributed by atoms with Gasteiger partial charge in [0, 0.05) is 19.5 Å². The van der Waals surface area contributed by atoms with Crippen molar-refractivity contribution in [3.05, 3.63) is 95.8 Å². The van der Waals surface area contributed by atoms with Gasteiger partial charge in [-0.2, -0.15) is 0 Å². The maximum atomic E-state index is 14.1. The molecule has 2 N–H and O–H groups in total. The number of carbonyl (C=O) groups is 3. The Morgan fingerprint density at radius 2 is 1.62 bits per heavy atom. The van der Waals surface area contributed by atoms with E-state index in [0.29, 0.717) is 17.8 Å². The Hall–Kier alpha value is -4.00. The van der Waals surface area contributed by atoms with E-state index in [-0.39, 0.29) is 36.4 Å². The van der Waals surface area contributed by atoms with Crippen molar-refractivity contribution in [3.63, 3.8) is 0 Å². The minimum absolute atomic E-state index is 0.0253. The second kappa shape index (κ2) is 9.43. The average molecular weight is 431 g/mol. The summed E-state index contributed by atoms with van der Waals surface area (Å²) in [7, 11) is 0. The topological polar surface area (TPSA) is 78.5 Å². The number of hydrogen-bond donors (Lipinski definition) is 2. The van der Waals surface area contributed by atoms with Crippen LogP contribution in [0.4, 0.5) is 15.8 Å². The number of benzene rings is 3. The molecule has 0 spiro atoms. The Morgan fingerprint density at radius 3 is 2.41 bits per heavy atom. The number of nitrogens with one attached hydrogen (secondary N) is 2. The Kier molecular flexibility index (Phi) is 6.26. The first-order valence-corrected chi connectivity index (χ1v) is 10.3. The van der Waals surface area contributed by atoms with Crippen molar-refractivity contribution >= 4 is 29.1 Å². The number of nitrogens with zero attached hydrogens (tertiary/aromatic N) is 1.